The number of fused-ring (bicyclic) bond motifs is 6. The van der Waals surface area contributed by atoms with Gasteiger partial charge in [-0.05, 0) is 0 Å². The van der Waals surface area contributed by atoms with Gasteiger partial charge in [0.15, 0.2) is 0 Å². The van der Waals surface area contributed by atoms with E-state index in [4.69, 9.17) is 11.3 Å². The fourth-order valence-electron chi connectivity index (χ4n) is 3.30. The number of halogens is 2. The Morgan fingerprint density at radius 2 is 1.38 bits per heavy atom. The van der Waals surface area contributed by atoms with Crippen LogP contribution in [0.3, 0.4) is 0 Å². The molecule has 132 valence electrons. The van der Waals surface area contributed by atoms with Crippen LogP contribution in [0.25, 0.3) is 4.48 Å². The standard InChI is InChI=1S/C17H23Br2GeNO3/c1-12-9-21-10-13(2)23-20(22-12,24-14(3)11-21)17(19)16(18)15-7-5-4-6-8-15/h4-8,12-14H,9-11H2,1-3H3/b17-16+. The molecule has 3 unspecified atom stereocenters. The Hall–Kier alpha value is 0.303. The van der Waals surface area contributed by atoms with Crippen molar-refractivity contribution in [2.75, 3.05) is 19.6 Å². The minimum atomic E-state index is -3.68. The molecule has 0 saturated carbocycles. The zero-order valence-electron chi connectivity index (χ0n) is 14.2. The normalized spacial score (nSPS) is 38.0. The first-order valence-electron chi connectivity index (χ1n) is 8.26. The molecular formula is C17H23Br2GeNO3. The molecule has 0 amide bonds. The second-order valence-corrected chi connectivity index (χ2v) is 14.5. The summed E-state index contributed by atoms with van der Waals surface area (Å²) < 4.78 is 21.2. The zero-order valence-corrected chi connectivity index (χ0v) is 19.4. The van der Waals surface area contributed by atoms with E-state index >= 15 is 0 Å². The molecule has 2 bridgehead atoms. The number of hydrogen-bond donors (Lipinski definition) is 0. The van der Waals surface area contributed by atoms with Crippen molar-refractivity contribution in [2.24, 2.45) is 0 Å². The molecule has 0 N–H and O–H groups in total. The molecule has 4 rings (SSSR count). The van der Waals surface area contributed by atoms with Gasteiger partial charge in [0.2, 0.25) is 0 Å². The number of nitrogens with zero attached hydrogens (tertiary/aromatic N) is 1. The van der Waals surface area contributed by atoms with Gasteiger partial charge < -0.3 is 0 Å². The average molecular weight is 522 g/mol. The van der Waals surface area contributed by atoms with E-state index < -0.39 is 14.3 Å². The van der Waals surface area contributed by atoms with Gasteiger partial charge in [-0.15, -0.1) is 0 Å². The molecule has 0 radical (unpaired) electrons. The van der Waals surface area contributed by atoms with Gasteiger partial charge in [0.1, 0.15) is 0 Å². The fourth-order valence-corrected chi connectivity index (χ4v) is 12.2. The molecule has 0 spiro atoms. The number of rotatable bonds is 2. The summed E-state index contributed by atoms with van der Waals surface area (Å²) in [5, 5.41) is 0. The molecule has 3 heterocycles. The van der Waals surface area contributed by atoms with Crippen LogP contribution < -0.4 is 0 Å². The van der Waals surface area contributed by atoms with Gasteiger partial charge in [0.25, 0.3) is 0 Å². The first-order chi connectivity index (χ1) is 11.4. The Balaban J connectivity index is 2.05. The molecule has 3 fully saturated rings. The van der Waals surface area contributed by atoms with Gasteiger partial charge in [-0.2, -0.15) is 0 Å². The Labute approximate surface area is 164 Å². The van der Waals surface area contributed by atoms with Gasteiger partial charge in [-0.25, -0.2) is 0 Å². The van der Waals surface area contributed by atoms with E-state index in [0.29, 0.717) is 0 Å². The summed E-state index contributed by atoms with van der Waals surface area (Å²) in [7, 11) is 0. The summed E-state index contributed by atoms with van der Waals surface area (Å²) in [6, 6.07) is 10.2. The second-order valence-electron chi connectivity index (χ2n) is 6.55. The van der Waals surface area contributed by atoms with Crippen LogP contribution in [0.15, 0.2) is 33.6 Å². The summed E-state index contributed by atoms with van der Waals surface area (Å²) >= 11 is 3.85. The second kappa shape index (κ2) is 7.90. The molecule has 24 heavy (non-hydrogen) atoms. The predicted molar refractivity (Wildman–Crippen MR) is 105 cm³/mol. The number of hydrogen-bond acceptors (Lipinski definition) is 4. The third-order valence-electron chi connectivity index (χ3n) is 4.10. The van der Waals surface area contributed by atoms with Crippen LogP contribution in [-0.2, 0) is 11.3 Å². The van der Waals surface area contributed by atoms with E-state index in [1.54, 1.807) is 0 Å². The third kappa shape index (κ3) is 4.16. The average Bonchev–Trinajstić information content (AvgIpc) is 2.50. The first kappa shape index (κ1) is 19.1. The molecule has 3 saturated heterocycles. The molecule has 0 aliphatic carbocycles. The quantitative estimate of drug-likeness (QED) is 0.547. The van der Waals surface area contributed by atoms with Gasteiger partial charge in [0.05, 0.1) is 0 Å². The van der Waals surface area contributed by atoms with Crippen molar-refractivity contribution in [3.8, 4) is 0 Å². The van der Waals surface area contributed by atoms with Crippen LogP contribution in [0.1, 0.15) is 26.3 Å². The van der Waals surface area contributed by atoms with Crippen molar-refractivity contribution < 1.29 is 11.3 Å². The van der Waals surface area contributed by atoms with Crippen LogP contribution in [0.5, 0.6) is 0 Å². The Morgan fingerprint density at radius 1 is 0.917 bits per heavy atom. The molecular weight excluding hydrogens is 499 g/mol. The summed E-state index contributed by atoms with van der Waals surface area (Å²) in [5.74, 6) is 0. The van der Waals surface area contributed by atoms with Crippen LogP contribution in [-0.4, -0.2) is 57.1 Å². The van der Waals surface area contributed by atoms with E-state index in [1.807, 2.05) is 18.2 Å². The van der Waals surface area contributed by atoms with Gasteiger partial charge in [-0.1, -0.05) is 0 Å². The van der Waals surface area contributed by atoms with E-state index in [0.717, 1.165) is 33.0 Å². The molecule has 3 aliphatic heterocycles. The van der Waals surface area contributed by atoms with Crippen molar-refractivity contribution in [3.05, 3.63) is 39.2 Å². The summed E-state index contributed by atoms with van der Waals surface area (Å²) in [6.45, 7) is 9.04. The molecule has 1 aromatic rings. The molecule has 4 nitrogen and oxygen atoms in total. The van der Waals surface area contributed by atoms with Crippen LogP contribution in [0, 0.1) is 0 Å². The van der Waals surface area contributed by atoms with Crippen LogP contribution >= 0.6 is 31.9 Å². The Bertz CT molecular complexity index is 577. The van der Waals surface area contributed by atoms with Gasteiger partial charge >= 0.3 is 165 Å². The van der Waals surface area contributed by atoms with E-state index in [2.05, 4.69) is 69.7 Å². The Morgan fingerprint density at radius 3 is 1.83 bits per heavy atom. The molecule has 7 heteroatoms. The van der Waals surface area contributed by atoms with Crippen LogP contribution in [0.4, 0.5) is 0 Å². The van der Waals surface area contributed by atoms with Crippen molar-refractivity contribution in [1.29, 1.82) is 0 Å². The maximum atomic E-state index is 6.46. The summed E-state index contributed by atoms with van der Waals surface area (Å²) in [6.07, 6.45) is 0.232. The predicted octanol–water partition coefficient (Wildman–Crippen LogP) is 4.17. The third-order valence-corrected chi connectivity index (χ3v) is 15.3. The summed E-state index contributed by atoms with van der Waals surface area (Å²) in [4.78, 5) is 2.37. The minimum absolute atomic E-state index is 0.0774. The van der Waals surface area contributed by atoms with Gasteiger partial charge in [-0.3, -0.25) is 0 Å². The molecule has 3 aliphatic rings. The van der Waals surface area contributed by atoms with Crippen molar-refractivity contribution in [1.82, 2.24) is 4.90 Å². The van der Waals surface area contributed by atoms with E-state index in [9.17, 15) is 0 Å². The Kier molecular flexibility index (Phi) is 6.28. The SMILES string of the molecule is CC1CN2CC(C)[O][Ge](/[C](Br)=C(/Br)c3ccccc3)([O]1)[O]C(C)C2. The van der Waals surface area contributed by atoms with Crippen molar-refractivity contribution in [3.63, 3.8) is 0 Å². The van der Waals surface area contributed by atoms with E-state index in [-0.39, 0.29) is 18.3 Å². The van der Waals surface area contributed by atoms with Gasteiger partial charge in [0, 0.05) is 0 Å². The summed E-state index contributed by atoms with van der Waals surface area (Å²) in [5.41, 5.74) is 1.08. The topological polar surface area (TPSA) is 30.9 Å². The number of benzene rings is 1. The maximum absolute atomic E-state index is 6.46. The van der Waals surface area contributed by atoms with E-state index in [1.165, 1.54) is 0 Å². The molecule has 3 atom stereocenters. The monoisotopic (exact) mass is 521 g/mol. The molecule has 0 aromatic heterocycles. The van der Waals surface area contributed by atoms with Crippen molar-refractivity contribution >= 4 is 50.6 Å². The van der Waals surface area contributed by atoms with Crippen LogP contribution in [0.2, 0.25) is 0 Å². The molecule has 1 aromatic carbocycles. The first-order valence-corrected chi connectivity index (χ1v) is 13.5. The zero-order chi connectivity index (χ0) is 17.3. The van der Waals surface area contributed by atoms with Crippen molar-refractivity contribution in [2.45, 2.75) is 39.1 Å². The fraction of sp³-hybridized carbons (Fsp3) is 0.529.